The van der Waals surface area contributed by atoms with E-state index in [9.17, 15) is 14.7 Å². The van der Waals surface area contributed by atoms with E-state index in [1.54, 1.807) is 4.90 Å². The predicted molar refractivity (Wildman–Crippen MR) is 69.5 cm³/mol. The molecule has 0 saturated heterocycles. The lowest BCUT2D eigenvalue weighted by molar-refractivity contribution is -0.144. The quantitative estimate of drug-likeness (QED) is 0.765. The summed E-state index contributed by atoms with van der Waals surface area (Å²) in [5, 5.41) is 12.1. The molecule has 1 saturated carbocycles. The molecule has 0 aromatic rings. The highest BCUT2D eigenvalue weighted by Gasteiger charge is 2.43. The van der Waals surface area contributed by atoms with Crippen LogP contribution in [0.5, 0.6) is 0 Å². The summed E-state index contributed by atoms with van der Waals surface area (Å²) in [4.78, 5) is 25.2. The van der Waals surface area contributed by atoms with E-state index >= 15 is 0 Å². The van der Waals surface area contributed by atoms with Crippen LogP contribution in [0.3, 0.4) is 0 Å². The number of aliphatic carboxylic acids is 1. The van der Waals surface area contributed by atoms with Gasteiger partial charge in [-0.05, 0) is 25.7 Å². The molecule has 5 heteroatoms. The predicted octanol–water partition coefficient (Wildman–Crippen LogP) is 2.22. The second kappa shape index (κ2) is 6.61. The van der Waals surface area contributed by atoms with Crippen molar-refractivity contribution < 1.29 is 14.7 Å². The fourth-order valence-electron chi connectivity index (χ4n) is 2.51. The van der Waals surface area contributed by atoms with Crippen LogP contribution in [0.4, 0.5) is 4.79 Å². The number of hydrogen-bond acceptors (Lipinski definition) is 2. The molecule has 1 rings (SSSR count). The van der Waals surface area contributed by atoms with Crippen molar-refractivity contribution in [1.29, 1.82) is 0 Å². The standard InChI is InChI=1S/C13H24N2O3/c1-3-9-15(10-4-2)12(18)14-13(11(16)17)7-5-6-8-13/h3-10H2,1-2H3,(H,14,18)(H,16,17). The molecule has 0 aliphatic heterocycles. The summed E-state index contributed by atoms with van der Waals surface area (Å²) < 4.78 is 0. The Bertz CT molecular complexity index is 293. The fourth-order valence-corrected chi connectivity index (χ4v) is 2.51. The number of urea groups is 1. The molecule has 0 bridgehead atoms. The van der Waals surface area contributed by atoms with Crippen molar-refractivity contribution in [2.45, 2.75) is 57.9 Å². The topological polar surface area (TPSA) is 69.6 Å². The van der Waals surface area contributed by atoms with Crippen molar-refractivity contribution >= 4 is 12.0 Å². The average Bonchev–Trinajstić information content (AvgIpc) is 2.78. The van der Waals surface area contributed by atoms with Gasteiger partial charge in [-0.1, -0.05) is 26.7 Å². The Hall–Kier alpha value is -1.26. The number of carboxylic acid groups (broad SMARTS) is 1. The Balaban J connectivity index is 2.67. The normalized spacial score (nSPS) is 17.4. The lowest BCUT2D eigenvalue weighted by Gasteiger charge is -2.30. The molecule has 5 nitrogen and oxygen atoms in total. The van der Waals surface area contributed by atoms with Crippen molar-refractivity contribution in [2.75, 3.05) is 13.1 Å². The van der Waals surface area contributed by atoms with E-state index in [1.807, 2.05) is 13.8 Å². The summed E-state index contributed by atoms with van der Waals surface area (Å²) in [6, 6.07) is -0.233. The monoisotopic (exact) mass is 256 g/mol. The Labute approximate surface area is 109 Å². The van der Waals surface area contributed by atoms with Crippen LogP contribution in [0.15, 0.2) is 0 Å². The zero-order valence-corrected chi connectivity index (χ0v) is 11.4. The second-order valence-electron chi connectivity index (χ2n) is 5.01. The molecule has 0 radical (unpaired) electrons. The lowest BCUT2D eigenvalue weighted by Crippen LogP contribution is -2.56. The minimum Gasteiger partial charge on any atom is -0.480 e. The smallest absolute Gasteiger partial charge is 0.329 e. The number of amides is 2. The maximum absolute atomic E-state index is 12.1. The minimum atomic E-state index is -1.03. The van der Waals surface area contributed by atoms with Gasteiger partial charge in [0, 0.05) is 13.1 Å². The molecule has 0 aromatic heterocycles. The highest BCUT2D eigenvalue weighted by atomic mass is 16.4. The molecule has 1 fully saturated rings. The zero-order valence-electron chi connectivity index (χ0n) is 11.4. The van der Waals surface area contributed by atoms with Gasteiger partial charge >= 0.3 is 12.0 Å². The Morgan fingerprint density at radius 1 is 1.17 bits per heavy atom. The highest BCUT2D eigenvalue weighted by Crippen LogP contribution is 2.30. The fraction of sp³-hybridized carbons (Fsp3) is 0.846. The van der Waals surface area contributed by atoms with Crippen molar-refractivity contribution in [3.8, 4) is 0 Å². The maximum atomic E-state index is 12.1. The number of carbonyl (C=O) groups excluding carboxylic acids is 1. The van der Waals surface area contributed by atoms with E-state index < -0.39 is 11.5 Å². The zero-order chi connectivity index (χ0) is 13.6. The van der Waals surface area contributed by atoms with E-state index in [2.05, 4.69) is 5.32 Å². The van der Waals surface area contributed by atoms with Crippen LogP contribution in [0.2, 0.25) is 0 Å². The van der Waals surface area contributed by atoms with Crippen LogP contribution in [0, 0.1) is 0 Å². The molecular weight excluding hydrogens is 232 g/mol. The third-order valence-corrected chi connectivity index (χ3v) is 3.49. The maximum Gasteiger partial charge on any atom is 0.329 e. The summed E-state index contributed by atoms with van der Waals surface area (Å²) in [6.07, 6.45) is 4.59. The first-order chi connectivity index (χ1) is 8.55. The van der Waals surface area contributed by atoms with Gasteiger partial charge in [0.25, 0.3) is 0 Å². The third-order valence-electron chi connectivity index (χ3n) is 3.49. The van der Waals surface area contributed by atoms with E-state index in [0.717, 1.165) is 25.7 Å². The van der Waals surface area contributed by atoms with Crippen LogP contribution in [-0.2, 0) is 4.79 Å². The van der Waals surface area contributed by atoms with Crippen molar-refractivity contribution in [3.63, 3.8) is 0 Å². The van der Waals surface area contributed by atoms with E-state index in [-0.39, 0.29) is 6.03 Å². The van der Waals surface area contributed by atoms with Crippen LogP contribution >= 0.6 is 0 Å². The van der Waals surface area contributed by atoms with Gasteiger partial charge in [0.05, 0.1) is 0 Å². The molecule has 0 atom stereocenters. The Morgan fingerprint density at radius 2 is 1.67 bits per heavy atom. The molecule has 0 heterocycles. The van der Waals surface area contributed by atoms with Crippen LogP contribution in [0.25, 0.3) is 0 Å². The number of carboxylic acids is 1. The van der Waals surface area contributed by atoms with Crippen molar-refractivity contribution in [2.24, 2.45) is 0 Å². The summed E-state index contributed by atoms with van der Waals surface area (Å²) in [7, 11) is 0. The molecule has 1 aliphatic carbocycles. The van der Waals surface area contributed by atoms with Gasteiger partial charge < -0.3 is 15.3 Å². The van der Waals surface area contributed by atoms with Gasteiger partial charge in [-0.25, -0.2) is 9.59 Å². The van der Waals surface area contributed by atoms with E-state index in [4.69, 9.17) is 0 Å². The van der Waals surface area contributed by atoms with E-state index in [1.165, 1.54) is 0 Å². The number of hydrogen-bond donors (Lipinski definition) is 2. The molecule has 18 heavy (non-hydrogen) atoms. The van der Waals surface area contributed by atoms with Gasteiger partial charge in [0.1, 0.15) is 5.54 Å². The SMILES string of the molecule is CCCN(CCC)C(=O)NC1(C(=O)O)CCCC1. The van der Waals surface area contributed by atoms with Crippen molar-refractivity contribution in [3.05, 3.63) is 0 Å². The van der Waals surface area contributed by atoms with Crippen molar-refractivity contribution in [1.82, 2.24) is 10.2 Å². The second-order valence-corrected chi connectivity index (χ2v) is 5.01. The van der Waals surface area contributed by atoms with Gasteiger partial charge in [0.2, 0.25) is 0 Å². The first kappa shape index (κ1) is 14.8. The first-order valence-electron chi connectivity index (χ1n) is 6.86. The molecule has 1 aliphatic rings. The van der Waals surface area contributed by atoms with Gasteiger partial charge in [0.15, 0.2) is 0 Å². The molecule has 0 spiro atoms. The molecular formula is C13H24N2O3. The Morgan fingerprint density at radius 3 is 2.06 bits per heavy atom. The summed E-state index contributed by atoms with van der Waals surface area (Å²) in [5.74, 6) is -0.902. The van der Waals surface area contributed by atoms with Crippen LogP contribution in [-0.4, -0.2) is 40.6 Å². The molecule has 104 valence electrons. The molecule has 0 aromatic carbocycles. The number of carbonyl (C=O) groups is 2. The summed E-state index contributed by atoms with van der Waals surface area (Å²) in [6.45, 7) is 5.38. The third kappa shape index (κ3) is 3.37. The van der Waals surface area contributed by atoms with Crippen LogP contribution < -0.4 is 5.32 Å². The van der Waals surface area contributed by atoms with E-state index in [0.29, 0.717) is 25.9 Å². The Kier molecular flexibility index (Phi) is 5.44. The lowest BCUT2D eigenvalue weighted by atomic mass is 9.98. The number of nitrogens with one attached hydrogen (secondary N) is 1. The number of rotatable bonds is 6. The van der Waals surface area contributed by atoms with Gasteiger partial charge in [-0.3, -0.25) is 0 Å². The van der Waals surface area contributed by atoms with Gasteiger partial charge in [-0.15, -0.1) is 0 Å². The van der Waals surface area contributed by atoms with Crippen LogP contribution in [0.1, 0.15) is 52.4 Å². The summed E-state index contributed by atoms with van der Waals surface area (Å²) in [5.41, 5.74) is -1.03. The largest absolute Gasteiger partial charge is 0.480 e. The highest BCUT2D eigenvalue weighted by molar-refractivity contribution is 5.86. The van der Waals surface area contributed by atoms with Gasteiger partial charge in [-0.2, -0.15) is 0 Å². The first-order valence-corrected chi connectivity index (χ1v) is 6.86. The number of nitrogens with zero attached hydrogens (tertiary/aromatic N) is 1. The molecule has 0 unspecified atom stereocenters. The average molecular weight is 256 g/mol. The minimum absolute atomic E-state index is 0.233. The molecule has 2 amide bonds. The molecule has 2 N–H and O–H groups in total. The summed E-state index contributed by atoms with van der Waals surface area (Å²) >= 11 is 0.